The van der Waals surface area contributed by atoms with Gasteiger partial charge in [0.1, 0.15) is 0 Å². The van der Waals surface area contributed by atoms with Crippen LogP contribution in [0.25, 0.3) is 0 Å². The van der Waals surface area contributed by atoms with E-state index in [0.29, 0.717) is 6.04 Å². The number of nitrogens with two attached hydrogens (primary N) is 1. The Morgan fingerprint density at radius 2 is 2.07 bits per heavy atom. The standard InChI is InChI=1S/C13H28N2/c1-4-9-13(3,11-14)15-10-7-5-6-8-12(15)2/h12H,4-11,14H2,1-3H3. The first-order chi connectivity index (χ1) is 7.14. The number of rotatable bonds is 4. The number of hydrogen-bond donors (Lipinski definition) is 1. The van der Waals surface area contributed by atoms with Crippen molar-refractivity contribution in [3.05, 3.63) is 0 Å². The van der Waals surface area contributed by atoms with Crippen molar-refractivity contribution in [1.29, 1.82) is 0 Å². The normalized spacial score (nSPS) is 28.4. The van der Waals surface area contributed by atoms with Crippen molar-refractivity contribution in [2.45, 2.75) is 70.9 Å². The maximum atomic E-state index is 6.00. The zero-order chi connectivity index (χ0) is 11.3. The lowest BCUT2D eigenvalue weighted by atomic mass is 9.92. The van der Waals surface area contributed by atoms with Crippen LogP contribution in [0.1, 0.15) is 59.3 Å². The molecule has 90 valence electrons. The van der Waals surface area contributed by atoms with Gasteiger partial charge >= 0.3 is 0 Å². The first kappa shape index (κ1) is 13.0. The molecule has 1 fully saturated rings. The summed E-state index contributed by atoms with van der Waals surface area (Å²) in [6, 6.07) is 0.715. The van der Waals surface area contributed by atoms with Gasteiger partial charge in [-0.1, -0.05) is 26.2 Å². The van der Waals surface area contributed by atoms with Crippen LogP contribution in [0.4, 0.5) is 0 Å². The Kier molecular flexibility index (Phi) is 5.07. The number of hydrogen-bond acceptors (Lipinski definition) is 2. The van der Waals surface area contributed by atoms with Crippen LogP contribution in [-0.2, 0) is 0 Å². The summed E-state index contributed by atoms with van der Waals surface area (Å²) in [5, 5.41) is 0. The van der Waals surface area contributed by atoms with E-state index < -0.39 is 0 Å². The van der Waals surface area contributed by atoms with Crippen LogP contribution in [0, 0.1) is 0 Å². The second-order valence-corrected chi connectivity index (χ2v) is 5.34. The van der Waals surface area contributed by atoms with E-state index in [2.05, 4.69) is 25.7 Å². The van der Waals surface area contributed by atoms with Crippen molar-refractivity contribution in [1.82, 2.24) is 4.90 Å². The topological polar surface area (TPSA) is 29.3 Å². The van der Waals surface area contributed by atoms with Gasteiger partial charge in [0.2, 0.25) is 0 Å². The lowest BCUT2D eigenvalue weighted by Crippen LogP contribution is -2.55. The molecule has 2 N–H and O–H groups in total. The Hall–Kier alpha value is -0.0800. The fourth-order valence-electron chi connectivity index (χ4n) is 2.98. The molecule has 2 unspecified atom stereocenters. The highest BCUT2D eigenvalue weighted by molar-refractivity contribution is 4.90. The van der Waals surface area contributed by atoms with Crippen LogP contribution in [0.5, 0.6) is 0 Å². The number of nitrogens with zero attached hydrogens (tertiary/aromatic N) is 1. The summed E-state index contributed by atoms with van der Waals surface area (Å²) in [6.07, 6.45) is 7.95. The molecule has 0 spiro atoms. The molecule has 0 aliphatic carbocycles. The molecule has 0 radical (unpaired) electrons. The summed E-state index contributed by atoms with van der Waals surface area (Å²) >= 11 is 0. The minimum Gasteiger partial charge on any atom is -0.329 e. The van der Waals surface area contributed by atoms with Crippen LogP contribution in [0.15, 0.2) is 0 Å². The Labute approximate surface area is 95.2 Å². The third kappa shape index (κ3) is 3.18. The van der Waals surface area contributed by atoms with Crippen molar-refractivity contribution in [3.63, 3.8) is 0 Å². The van der Waals surface area contributed by atoms with Gasteiger partial charge in [-0.3, -0.25) is 4.90 Å². The maximum absolute atomic E-state index is 6.00. The first-order valence-corrected chi connectivity index (χ1v) is 6.61. The van der Waals surface area contributed by atoms with Gasteiger partial charge in [0, 0.05) is 18.1 Å². The highest BCUT2D eigenvalue weighted by Gasteiger charge is 2.33. The van der Waals surface area contributed by atoms with Crippen molar-refractivity contribution < 1.29 is 0 Å². The molecule has 0 aromatic rings. The van der Waals surface area contributed by atoms with Gasteiger partial charge in [0.25, 0.3) is 0 Å². The lowest BCUT2D eigenvalue weighted by Gasteiger charge is -2.44. The minimum atomic E-state index is 0.235. The molecule has 1 heterocycles. The van der Waals surface area contributed by atoms with Crippen LogP contribution in [0.2, 0.25) is 0 Å². The van der Waals surface area contributed by atoms with Gasteiger partial charge < -0.3 is 5.73 Å². The Morgan fingerprint density at radius 3 is 2.67 bits per heavy atom. The predicted molar refractivity (Wildman–Crippen MR) is 67.0 cm³/mol. The highest BCUT2D eigenvalue weighted by Crippen LogP contribution is 2.27. The first-order valence-electron chi connectivity index (χ1n) is 6.61. The molecule has 1 aliphatic rings. The van der Waals surface area contributed by atoms with Crippen molar-refractivity contribution >= 4 is 0 Å². The third-order valence-electron chi connectivity index (χ3n) is 3.97. The Balaban J connectivity index is 2.70. The van der Waals surface area contributed by atoms with Crippen molar-refractivity contribution in [2.24, 2.45) is 5.73 Å². The summed E-state index contributed by atoms with van der Waals surface area (Å²) in [7, 11) is 0. The van der Waals surface area contributed by atoms with Crippen molar-refractivity contribution in [3.8, 4) is 0 Å². The summed E-state index contributed by atoms with van der Waals surface area (Å²) in [5.74, 6) is 0. The van der Waals surface area contributed by atoms with Gasteiger partial charge in [-0.05, 0) is 39.7 Å². The summed E-state index contributed by atoms with van der Waals surface area (Å²) in [5.41, 5.74) is 6.23. The van der Waals surface area contributed by atoms with Gasteiger partial charge in [0.15, 0.2) is 0 Å². The molecular weight excluding hydrogens is 184 g/mol. The second kappa shape index (κ2) is 5.86. The zero-order valence-corrected chi connectivity index (χ0v) is 10.8. The van der Waals surface area contributed by atoms with E-state index >= 15 is 0 Å². The maximum Gasteiger partial charge on any atom is 0.0306 e. The molecule has 2 nitrogen and oxygen atoms in total. The van der Waals surface area contributed by atoms with Crippen LogP contribution in [0.3, 0.4) is 0 Å². The average molecular weight is 212 g/mol. The monoisotopic (exact) mass is 212 g/mol. The van der Waals surface area contributed by atoms with E-state index in [1.165, 1.54) is 45.1 Å². The van der Waals surface area contributed by atoms with Crippen LogP contribution in [-0.4, -0.2) is 29.6 Å². The van der Waals surface area contributed by atoms with E-state index in [1.54, 1.807) is 0 Å². The SMILES string of the molecule is CCCC(C)(CN)N1CCCCCC1C. The van der Waals surface area contributed by atoms with E-state index in [-0.39, 0.29) is 5.54 Å². The second-order valence-electron chi connectivity index (χ2n) is 5.34. The zero-order valence-electron chi connectivity index (χ0n) is 10.8. The molecule has 0 saturated carbocycles. The van der Waals surface area contributed by atoms with Gasteiger partial charge in [-0.25, -0.2) is 0 Å². The van der Waals surface area contributed by atoms with Gasteiger partial charge in [0.05, 0.1) is 0 Å². The molecular formula is C13H28N2. The largest absolute Gasteiger partial charge is 0.329 e. The van der Waals surface area contributed by atoms with Crippen LogP contribution < -0.4 is 5.73 Å². The fraction of sp³-hybridized carbons (Fsp3) is 1.00. The molecule has 0 bridgehead atoms. The molecule has 15 heavy (non-hydrogen) atoms. The molecule has 2 atom stereocenters. The summed E-state index contributed by atoms with van der Waals surface area (Å²) in [6.45, 7) is 9.02. The Bertz CT molecular complexity index is 181. The fourth-order valence-corrected chi connectivity index (χ4v) is 2.98. The minimum absolute atomic E-state index is 0.235. The molecule has 0 amide bonds. The van der Waals surface area contributed by atoms with Crippen LogP contribution >= 0.6 is 0 Å². The molecule has 1 aliphatic heterocycles. The van der Waals surface area contributed by atoms with E-state index in [0.717, 1.165) is 6.54 Å². The van der Waals surface area contributed by atoms with Crippen molar-refractivity contribution in [2.75, 3.05) is 13.1 Å². The summed E-state index contributed by atoms with van der Waals surface area (Å²) in [4.78, 5) is 2.67. The molecule has 1 rings (SSSR count). The van der Waals surface area contributed by atoms with E-state index in [9.17, 15) is 0 Å². The van der Waals surface area contributed by atoms with E-state index in [1.807, 2.05) is 0 Å². The van der Waals surface area contributed by atoms with E-state index in [4.69, 9.17) is 5.73 Å². The van der Waals surface area contributed by atoms with Gasteiger partial charge in [-0.2, -0.15) is 0 Å². The molecule has 2 heteroatoms. The molecule has 0 aromatic heterocycles. The molecule has 0 aromatic carbocycles. The lowest BCUT2D eigenvalue weighted by molar-refractivity contribution is 0.0634. The smallest absolute Gasteiger partial charge is 0.0306 e. The number of likely N-dealkylation sites (tertiary alicyclic amines) is 1. The third-order valence-corrected chi connectivity index (χ3v) is 3.97. The highest BCUT2D eigenvalue weighted by atomic mass is 15.2. The molecule has 1 saturated heterocycles. The summed E-state index contributed by atoms with van der Waals surface area (Å²) < 4.78 is 0. The van der Waals surface area contributed by atoms with Gasteiger partial charge in [-0.15, -0.1) is 0 Å². The Morgan fingerprint density at radius 1 is 1.33 bits per heavy atom. The predicted octanol–water partition coefficient (Wildman–Crippen LogP) is 2.77. The quantitative estimate of drug-likeness (QED) is 0.776. The average Bonchev–Trinajstić information content (AvgIpc) is 2.43.